The van der Waals surface area contributed by atoms with Gasteiger partial charge in [0.1, 0.15) is 16.7 Å². The molecular formula is C22H20BrNO3S2. The lowest BCUT2D eigenvalue weighted by Gasteiger charge is -2.18. The van der Waals surface area contributed by atoms with E-state index >= 15 is 0 Å². The van der Waals surface area contributed by atoms with Crippen molar-refractivity contribution in [3.63, 3.8) is 0 Å². The Kier molecular flexibility index (Phi) is 6.70. The summed E-state index contributed by atoms with van der Waals surface area (Å²) in [6.45, 7) is 1.82. The van der Waals surface area contributed by atoms with Gasteiger partial charge in [-0.2, -0.15) is 0 Å². The van der Waals surface area contributed by atoms with Crippen LogP contribution in [-0.2, 0) is 16.1 Å². The predicted octanol–water partition coefficient (Wildman–Crippen LogP) is 5.41. The zero-order valence-electron chi connectivity index (χ0n) is 15.7. The molecule has 0 bridgehead atoms. The minimum Gasteiger partial charge on any atom is -0.489 e. The topological polar surface area (TPSA) is 38.8 Å². The van der Waals surface area contributed by atoms with E-state index in [0.717, 1.165) is 40.8 Å². The molecule has 0 saturated carbocycles. The van der Waals surface area contributed by atoms with Crippen LogP contribution in [-0.4, -0.2) is 34.4 Å². The molecule has 2 aromatic carbocycles. The van der Waals surface area contributed by atoms with Gasteiger partial charge < -0.3 is 9.47 Å². The summed E-state index contributed by atoms with van der Waals surface area (Å²) in [5, 5.41) is 0. The Balaban J connectivity index is 1.37. The lowest BCUT2D eigenvalue weighted by Crippen LogP contribution is -2.35. The van der Waals surface area contributed by atoms with Crippen LogP contribution < -0.4 is 4.74 Å². The molecule has 0 aliphatic carbocycles. The van der Waals surface area contributed by atoms with Gasteiger partial charge in [-0.1, -0.05) is 64.2 Å². The maximum absolute atomic E-state index is 12.7. The molecular weight excluding hydrogens is 470 g/mol. The van der Waals surface area contributed by atoms with Crippen LogP contribution in [0.1, 0.15) is 24.0 Å². The van der Waals surface area contributed by atoms with E-state index in [1.54, 1.807) is 4.90 Å². The lowest BCUT2D eigenvalue weighted by molar-refractivity contribution is -0.123. The fourth-order valence-electron chi connectivity index (χ4n) is 3.21. The summed E-state index contributed by atoms with van der Waals surface area (Å²) in [5.74, 6) is 0.752. The molecule has 2 aliphatic heterocycles. The Labute approximate surface area is 188 Å². The number of carbonyl (C=O) groups excluding carboxylic acids is 1. The van der Waals surface area contributed by atoms with E-state index in [4.69, 9.17) is 21.7 Å². The second kappa shape index (κ2) is 9.43. The molecule has 150 valence electrons. The number of amides is 1. The van der Waals surface area contributed by atoms with Crippen LogP contribution in [0.25, 0.3) is 6.08 Å². The highest BCUT2D eigenvalue weighted by Gasteiger charge is 2.34. The predicted molar refractivity (Wildman–Crippen MR) is 124 cm³/mol. The Morgan fingerprint density at radius 2 is 1.97 bits per heavy atom. The van der Waals surface area contributed by atoms with Crippen molar-refractivity contribution in [2.75, 3.05) is 13.2 Å². The number of thiocarbonyl (C=S) groups is 1. The highest BCUT2D eigenvalue weighted by atomic mass is 79.9. The molecule has 1 atom stereocenters. The molecule has 2 aliphatic rings. The number of nitrogens with zero attached hydrogens (tertiary/aromatic N) is 1. The Bertz CT molecular complexity index is 922. The fourth-order valence-corrected chi connectivity index (χ4v) is 4.75. The summed E-state index contributed by atoms with van der Waals surface area (Å²) < 4.78 is 13.1. The molecule has 2 heterocycles. The largest absolute Gasteiger partial charge is 0.489 e. The van der Waals surface area contributed by atoms with Gasteiger partial charge in [0.2, 0.25) is 0 Å². The van der Waals surface area contributed by atoms with Gasteiger partial charge in [0, 0.05) is 11.1 Å². The van der Waals surface area contributed by atoms with E-state index in [-0.39, 0.29) is 12.0 Å². The third-order valence-corrected chi connectivity index (χ3v) is 6.69. The molecule has 4 nitrogen and oxygen atoms in total. The van der Waals surface area contributed by atoms with Crippen LogP contribution in [0.15, 0.2) is 57.9 Å². The van der Waals surface area contributed by atoms with Crippen LogP contribution in [0.4, 0.5) is 0 Å². The van der Waals surface area contributed by atoms with Crippen molar-refractivity contribution in [1.82, 2.24) is 4.90 Å². The number of thioether (sulfide) groups is 1. The second-order valence-electron chi connectivity index (χ2n) is 6.91. The van der Waals surface area contributed by atoms with Crippen LogP contribution in [0.5, 0.6) is 5.75 Å². The summed E-state index contributed by atoms with van der Waals surface area (Å²) in [6.07, 6.45) is 4.01. The van der Waals surface area contributed by atoms with Crippen molar-refractivity contribution in [3.05, 3.63) is 69.0 Å². The van der Waals surface area contributed by atoms with Crippen molar-refractivity contribution in [2.24, 2.45) is 0 Å². The Morgan fingerprint density at radius 3 is 2.66 bits per heavy atom. The highest BCUT2D eigenvalue weighted by Crippen LogP contribution is 2.33. The van der Waals surface area contributed by atoms with Gasteiger partial charge in [-0.3, -0.25) is 9.69 Å². The molecule has 0 spiro atoms. The van der Waals surface area contributed by atoms with Gasteiger partial charge in [0.25, 0.3) is 5.91 Å². The van der Waals surface area contributed by atoms with Gasteiger partial charge in [-0.05, 0) is 54.3 Å². The normalized spacial score (nSPS) is 20.7. The van der Waals surface area contributed by atoms with Crippen molar-refractivity contribution in [2.45, 2.75) is 25.6 Å². The SMILES string of the molecule is O=C1/C(=C/c2ccc(OCc3ccc(Br)cc3)cc2)SC(=S)N1C[C@@H]1CCCO1. The van der Waals surface area contributed by atoms with E-state index in [9.17, 15) is 4.79 Å². The van der Waals surface area contributed by atoms with Gasteiger partial charge in [0.15, 0.2) is 0 Å². The third-order valence-electron chi connectivity index (χ3n) is 4.78. The summed E-state index contributed by atoms with van der Waals surface area (Å²) in [5.41, 5.74) is 2.05. The van der Waals surface area contributed by atoms with E-state index in [1.165, 1.54) is 11.8 Å². The molecule has 0 aromatic heterocycles. The van der Waals surface area contributed by atoms with E-state index in [0.29, 0.717) is 22.4 Å². The van der Waals surface area contributed by atoms with E-state index in [2.05, 4.69) is 15.9 Å². The quantitative estimate of drug-likeness (QED) is 0.400. The zero-order valence-corrected chi connectivity index (χ0v) is 18.9. The molecule has 2 aromatic rings. The Morgan fingerprint density at radius 1 is 1.21 bits per heavy atom. The van der Waals surface area contributed by atoms with Crippen molar-refractivity contribution in [1.29, 1.82) is 0 Å². The first-order chi connectivity index (χ1) is 14.1. The van der Waals surface area contributed by atoms with Crippen molar-refractivity contribution >= 4 is 56.2 Å². The molecule has 2 saturated heterocycles. The van der Waals surface area contributed by atoms with Gasteiger partial charge >= 0.3 is 0 Å². The first-order valence-electron chi connectivity index (χ1n) is 9.43. The number of hydrogen-bond acceptors (Lipinski definition) is 5. The number of ether oxygens (including phenoxy) is 2. The second-order valence-corrected chi connectivity index (χ2v) is 9.50. The smallest absolute Gasteiger partial charge is 0.266 e. The summed E-state index contributed by atoms with van der Waals surface area (Å²) >= 11 is 10.2. The minimum absolute atomic E-state index is 0.0361. The van der Waals surface area contributed by atoms with E-state index < -0.39 is 0 Å². The molecule has 7 heteroatoms. The van der Waals surface area contributed by atoms with Gasteiger partial charge in [-0.15, -0.1) is 0 Å². The maximum Gasteiger partial charge on any atom is 0.266 e. The van der Waals surface area contributed by atoms with Gasteiger partial charge in [-0.25, -0.2) is 0 Å². The molecule has 29 heavy (non-hydrogen) atoms. The van der Waals surface area contributed by atoms with E-state index in [1.807, 2.05) is 54.6 Å². The number of rotatable bonds is 6. The molecule has 2 fully saturated rings. The molecule has 1 amide bonds. The minimum atomic E-state index is -0.0361. The first-order valence-corrected chi connectivity index (χ1v) is 11.4. The van der Waals surface area contributed by atoms with Crippen LogP contribution in [0.2, 0.25) is 0 Å². The average molecular weight is 490 g/mol. The van der Waals surface area contributed by atoms with Gasteiger partial charge in [0.05, 0.1) is 17.6 Å². The number of benzene rings is 2. The third kappa shape index (κ3) is 5.28. The maximum atomic E-state index is 12.7. The fraction of sp³-hybridized carbons (Fsp3) is 0.273. The number of hydrogen-bond donors (Lipinski definition) is 0. The number of carbonyl (C=O) groups is 1. The summed E-state index contributed by atoms with van der Waals surface area (Å²) in [6, 6.07) is 15.8. The standard InChI is InChI=1S/C22H20BrNO3S2/c23-17-7-3-16(4-8-17)14-27-18-9-5-15(6-10-18)12-20-21(25)24(22(28)29-20)13-19-2-1-11-26-19/h3-10,12,19H,1-2,11,13-14H2/b20-12-/t19-/m0/s1. The van der Waals surface area contributed by atoms with Crippen LogP contribution in [0.3, 0.4) is 0 Å². The van der Waals surface area contributed by atoms with Crippen LogP contribution in [0, 0.1) is 0 Å². The summed E-state index contributed by atoms with van der Waals surface area (Å²) in [4.78, 5) is 15.0. The molecule has 0 radical (unpaired) electrons. The van der Waals surface area contributed by atoms with Crippen molar-refractivity contribution in [3.8, 4) is 5.75 Å². The van der Waals surface area contributed by atoms with Crippen LogP contribution >= 0.6 is 39.9 Å². The molecule has 4 rings (SSSR count). The average Bonchev–Trinajstić information content (AvgIpc) is 3.33. The van der Waals surface area contributed by atoms with Crippen molar-refractivity contribution < 1.29 is 14.3 Å². The molecule has 0 N–H and O–H groups in total. The molecule has 0 unspecified atom stereocenters. The zero-order chi connectivity index (χ0) is 20.2. The Hall–Kier alpha value is -1.67. The highest BCUT2D eigenvalue weighted by molar-refractivity contribution is 9.10. The summed E-state index contributed by atoms with van der Waals surface area (Å²) in [7, 11) is 0. The first kappa shape index (κ1) is 20.6. The lowest BCUT2D eigenvalue weighted by atomic mass is 10.2. The number of halogens is 1. The monoisotopic (exact) mass is 489 g/mol.